The molecule has 1 unspecified atom stereocenters. The second-order valence-electron chi connectivity index (χ2n) is 4.99. The largest absolute Gasteiger partial charge is 0.481 e. The Morgan fingerprint density at radius 1 is 1.67 bits per heavy atom. The Balaban J connectivity index is 2.08. The van der Waals surface area contributed by atoms with Gasteiger partial charge in [0.15, 0.2) is 5.16 Å². The second kappa shape index (κ2) is 5.78. The number of nitrogens with zero attached hydrogens (tertiary/aromatic N) is 2. The molecule has 5 heteroatoms. The summed E-state index contributed by atoms with van der Waals surface area (Å²) in [5.41, 5.74) is 1.20. The van der Waals surface area contributed by atoms with E-state index in [0.29, 0.717) is 5.92 Å². The number of aryl methyl sites for hydroxylation is 1. The first kappa shape index (κ1) is 13.5. The minimum absolute atomic E-state index is 0.0813. The molecule has 1 fully saturated rings. The Bertz CT molecular complexity index is 427. The number of carbonyl (C=O) groups is 1. The molecule has 1 N–H and O–H groups in total. The summed E-state index contributed by atoms with van der Waals surface area (Å²) in [5.74, 6) is 0.809. The van der Waals surface area contributed by atoms with E-state index in [1.807, 2.05) is 6.20 Å². The lowest BCUT2D eigenvalue weighted by Gasteiger charge is -2.15. The van der Waals surface area contributed by atoms with E-state index in [2.05, 4.69) is 23.4 Å². The summed E-state index contributed by atoms with van der Waals surface area (Å²) in [6, 6.07) is 0. The van der Waals surface area contributed by atoms with Crippen LogP contribution in [-0.4, -0.2) is 26.4 Å². The molecule has 0 aliphatic heterocycles. The molecule has 1 saturated carbocycles. The lowest BCUT2D eigenvalue weighted by molar-refractivity contribution is -0.133. The minimum atomic E-state index is -0.789. The topological polar surface area (TPSA) is 55.1 Å². The number of carboxylic acid groups (broad SMARTS) is 1. The van der Waals surface area contributed by atoms with Gasteiger partial charge in [0.05, 0.1) is 5.75 Å². The van der Waals surface area contributed by atoms with Crippen molar-refractivity contribution in [3.05, 3.63) is 11.9 Å². The van der Waals surface area contributed by atoms with Gasteiger partial charge in [-0.25, -0.2) is 4.98 Å². The molecule has 0 aromatic carbocycles. The van der Waals surface area contributed by atoms with Crippen LogP contribution in [0, 0.1) is 11.8 Å². The van der Waals surface area contributed by atoms with Gasteiger partial charge in [0.25, 0.3) is 0 Å². The summed E-state index contributed by atoms with van der Waals surface area (Å²) in [6.45, 7) is 5.36. The van der Waals surface area contributed by atoms with Crippen LogP contribution in [-0.2, 0) is 17.8 Å². The van der Waals surface area contributed by atoms with E-state index < -0.39 is 5.97 Å². The van der Waals surface area contributed by atoms with Crippen molar-refractivity contribution in [2.75, 3.05) is 5.75 Å². The quantitative estimate of drug-likeness (QED) is 0.772. The van der Waals surface area contributed by atoms with Gasteiger partial charge in [-0.3, -0.25) is 4.79 Å². The highest BCUT2D eigenvalue weighted by Gasteiger charge is 2.28. The highest BCUT2D eigenvalue weighted by Crippen LogP contribution is 2.38. The van der Waals surface area contributed by atoms with Crippen molar-refractivity contribution in [3.63, 3.8) is 0 Å². The van der Waals surface area contributed by atoms with Crippen molar-refractivity contribution in [1.82, 2.24) is 9.55 Å². The van der Waals surface area contributed by atoms with Crippen molar-refractivity contribution in [1.29, 1.82) is 0 Å². The third-order valence-electron chi connectivity index (χ3n) is 3.49. The fourth-order valence-electron chi connectivity index (χ4n) is 2.21. The molecule has 1 aliphatic carbocycles. The van der Waals surface area contributed by atoms with E-state index in [-0.39, 0.29) is 5.75 Å². The zero-order valence-corrected chi connectivity index (χ0v) is 11.7. The fraction of sp³-hybridized carbons (Fsp3) is 0.692. The Morgan fingerprint density at radius 2 is 2.39 bits per heavy atom. The molecule has 100 valence electrons. The van der Waals surface area contributed by atoms with Gasteiger partial charge >= 0.3 is 5.97 Å². The Morgan fingerprint density at radius 3 is 2.94 bits per heavy atom. The van der Waals surface area contributed by atoms with Crippen LogP contribution in [0.3, 0.4) is 0 Å². The zero-order valence-electron chi connectivity index (χ0n) is 10.9. The van der Waals surface area contributed by atoms with Gasteiger partial charge < -0.3 is 9.67 Å². The molecular weight excluding hydrogens is 248 g/mol. The normalized spacial score (nSPS) is 16.8. The van der Waals surface area contributed by atoms with Gasteiger partial charge in [-0.2, -0.15) is 0 Å². The third kappa shape index (κ3) is 3.28. The number of carboxylic acids is 1. The van der Waals surface area contributed by atoms with Crippen molar-refractivity contribution in [3.8, 4) is 0 Å². The molecule has 1 aromatic heterocycles. The SMILES string of the molecule is CCc1cnc(SCC(=O)O)n1CC(C)C1CC1. The van der Waals surface area contributed by atoms with E-state index in [1.54, 1.807) is 0 Å². The highest BCUT2D eigenvalue weighted by atomic mass is 32.2. The Labute approximate surface area is 112 Å². The van der Waals surface area contributed by atoms with Gasteiger partial charge in [0, 0.05) is 18.4 Å². The number of hydrogen-bond donors (Lipinski definition) is 1. The summed E-state index contributed by atoms with van der Waals surface area (Å²) in [6.07, 6.45) is 5.51. The number of aromatic nitrogens is 2. The summed E-state index contributed by atoms with van der Waals surface area (Å²) >= 11 is 1.32. The number of thioether (sulfide) groups is 1. The van der Waals surface area contributed by atoms with Gasteiger partial charge in [0.1, 0.15) is 0 Å². The van der Waals surface area contributed by atoms with E-state index in [1.165, 1.54) is 30.3 Å². The molecule has 1 aromatic rings. The summed E-state index contributed by atoms with van der Waals surface area (Å²) in [5, 5.41) is 9.60. The molecule has 4 nitrogen and oxygen atoms in total. The van der Waals surface area contributed by atoms with Crippen LogP contribution in [0.4, 0.5) is 0 Å². The van der Waals surface area contributed by atoms with Crippen LogP contribution >= 0.6 is 11.8 Å². The number of hydrogen-bond acceptors (Lipinski definition) is 3. The van der Waals surface area contributed by atoms with Gasteiger partial charge in [-0.1, -0.05) is 25.6 Å². The fourth-order valence-corrected chi connectivity index (χ4v) is 2.94. The van der Waals surface area contributed by atoms with E-state index >= 15 is 0 Å². The van der Waals surface area contributed by atoms with Crippen LogP contribution in [0.25, 0.3) is 0 Å². The maximum absolute atomic E-state index is 10.6. The van der Waals surface area contributed by atoms with Crippen LogP contribution in [0.15, 0.2) is 11.4 Å². The predicted octanol–water partition coefficient (Wildman–Crippen LogP) is 2.67. The second-order valence-corrected chi connectivity index (χ2v) is 5.94. The molecule has 0 radical (unpaired) electrons. The maximum atomic E-state index is 10.6. The van der Waals surface area contributed by atoms with E-state index in [9.17, 15) is 4.79 Å². The molecule has 18 heavy (non-hydrogen) atoms. The van der Waals surface area contributed by atoms with Crippen LogP contribution < -0.4 is 0 Å². The molecule has 0 spiro atoms. The van der Waals surface area contributed by atoms with Crippen molar-refractivity contribution < 1.29 is 9.90 Å². The average Bonchev–Trinajstić information content (AvgIpc) is 3.11. The summed E-state index contributed by atoms with van der Waals surface area (Å²) < 4.78 is 2.20. The Kier molecular flexibility index (Phi) is 4.32. The Hall–Kier alpha value is -0.970. The maximum Gasteiger partial charge on any atom is 0.313 e. The molecular formula is C13H20N2O2S. The first-order chi connectivity index (χ1) is 8.61. The third-order valence-corrected chi connectivity index (χ3v) is 4.46. The summed E-state index contributed by atoms with van der Waals surface area (Å²) in [4.78, 5) is 15.0. The van der Waals surface area contributed by atoms with Crippen molar-refractivity contribution >= 4 is 17.7 Å². The summed E-state index contributed by atoms with van der Waals surface area (Å²) in [7, 11) is 0. The predicted molar refractivity (Wildman–Crippen MR) is 71.9 cm³/mol. The minimum Gasteiger partial charge on any atom is -0.481 e. The molecule has 0 amide bonds. The highest BCUT2D eigenvalue weighted by molar-refractivity contribution is 7.99. The molecule has 1 aliphatic rings. The monoisotopic (exact) mass is 268 g/mol. The molecule has 1 heterocycles. The first-order valence-electron chi connectivity index (χ1n) is 6.50. The molecule has 0 saturated heterocycles. The molecule has 2 rings (SSSR count). The van der Waals surface area contributed by atoms with Gasteiger partial charge in [-0.05, 0) is 31.1 Å². The standard InChI is InChI=1S/C13H20N2O2S/c1-3-11-6-14-13(18-8-12(16)17)15(11)7-9(2)10-4-5-10/h6,9-10H,3-5,7-8H2,1-2H3,(H,16,17). The lowest BCUT2D eigenvalue weighted by Crippen LogP contribution is -2.13. The molecule has 0 bridgehead atoms. The lowest BCUT2D eigenvalue weighted by atomic mass is 10.1. The molecule has 1 atom stereocenters. The van der Waals surface area contributed by atoms with E-state index in [4.69, 9.17) is 5.11 Å². The van der Waals surface area contributed by atoms with Crippen molar-refractivity contribution in [2.24, 2.45) is 11.8 Å². The van der Waals surface area contributed by atoms with E-state index in [0.717, 1.165) is 24.0 Å². The van der Waals surface area contributed by atoms with Gasteiger partial charge in [-0.15, -0.1) is 0 Å². The van der Waals surface area contributed by atoms with Gasteiger partial charge in [0.2, 0.25) is 0 Å². The van der Waals surface area contributed by atoms with Crippen LogP contribution in [0.2, 0.25) is 0 Å². The smallest absolute Gasteiger partial charge is 0.313 e. The van der Waals surface area contributed by atoms with Crippen LogP contribution in [0.5, 0.6) is 0 Å². The number of aliphatic carboxylic acids is 1. The van der Waals surface area contributed by atoms with Crippen molar-refractivity contribution in [2.45, 2.75) is 44.8 Å². The number of rotatable bonds is 7. The van der Waals surface area contributed by atoms with Crippen LogP contribution in [0.1, 0.15) is 32.4 Å². The zero-order chi connectivity index (χ0) is 13.1. The first-order valence-corrected chi connectivity index (χ1v) is 7.49. The number of imidazole rings is 1. The average molecular weight is 268 g/mol.